The Hall–Kier alpha value is -1.28. The van der Waals surface area contributed by atoms with Crippen LogP contribution in [0.4, 0.5) is 0 Å². The molecule has 0 amide bonds. The van der Waals surface area contributed by atoms with Crippen LogP contribution in [-0.2, 0) is 11.3 Å². The Morgan fingerprint density at radius 2 is 2.43 bits per heavy atom. The lowest BCUT2D eigenvalue weighted by Crippen LogP contribution is -2.53. The Kier molecular flexibility index (Phi) is 5.10. The van der Waals surface area contributed by atoms with E-state index in [9.17, 15) is 14.7 Å². The lowest BCUT2D eigenvalue weighted by atomic mass is 9.85. The number of carboxylic acid groups (broad SMARTS) is 1. The van der Waals surface area contributed by atoms with E-state index in [0.29, 0.717) is 18.1 Å². The van der Waals surface area contributed by atoms with Gasteiger partial charge in [0, 0.05) is 12.3 Å². The topological polar surface area (TPSA) is 100 Å². The maximum absolute atomic E-state index is 11.6. The Balaban J connectivity index is 1.96. The van der Waals surface area contributed by atoms with Gasteiger partial charge in [0.1, 0.15) is 5.54 Å². The molecule has 2 rings (SSSR count). The van der Waals surface area contributed by atoms with E-state index in [0.717, 1.165) is 25.0 Å². The van der Waals surface area contributed by atoms with Crippen LogP contribution in [-0.4, -0.2) is 44.2 Å². The third kappa shape index (κ3) is 3.01. The fourth-order valence-electron chi connectivity index (χ4n) is 3.17. The molecule has 0 aromatic carbocycles. The van der Waals surface area contributed by atoms with Crippen molar-refractivity contribution in [2.75, 3.05) is 12.8 Å². The molecule has 1 aromatic heterocycles. The monoisotopic (exact) mass is 314 g/mol. The van der Waals surface area contributed by atoms with E-state index in [2.05, 4.69) is 15.5 Å². The minimum atomic E-state index is -0.795. The van der Waals surface area contributed by atoms with Crippen LogP contribution in [0.1, 0.15) is 32.6 Å². The maximum Gasteiger partial charge on any atom is 0.343 e. The summed E-state index contributed by atoms with van der Waals surface area (Å²) in [6, 6.07) is 0. The average Bonchev–Trinajstić information content (AvgIpc) is 3.03. The normalized spacial score (nSPS) is 25.3. The number of aliphatic carboxylic acids is 1. The van der Waals surface area contributed by atoms with Crippen LogP contribution in [0, 0.1) is 5.92 Å². The maximum atomic E-state index is 11.6. The summed E-state index contributed by atoms with van der Waals surface area (Å²) in [5, 5.41) is 19.6. The van der Waals surface area contributed by atoms with Crippen LogP contribution >= 0.6 is 11.8 Å². The van der Waals surface area contributed by atoms with Gasteiger partial charge in [-0.2, -0.15) is 0 Å². The summed E-state index contributed by atoms with van der Waals surface area (Å²) in [7, 11) is 1.72. The number of thioether (sulfide) groups is 1. The van der Waals surface area contributed by atoms with Crippen molar-refractivity contribution >= 4 is 17.7 Å². The highest BCUT2D eigenvalue weighted by Gasteiger charge is 2.47. The molecule has 0 radical (unpaired) electrons. The molecule has 1 fully saturated rings. The summed E-state index contributed by atoms with van der Waals surface area (Å²) in [6.45, 7) is 2.48. The fraction of sp³-hybridized carbons (Fsp3) is 0.769. The molecule has 21 heavy (non-hydrogen) atoms. The number of H-pyrrole nitrogens is 1. The average molecular weight is 314 g/mol. The van der Waals surface area contributed by atoms with Crippen molar-refractivity contribution < 1.29 is 9.90 Å². The minimum absolute atomic E-state index is 0.119. The van der Waals surface area contributed by atoms with Gasteiger partial charge >= 0.3 is 11.7 Å². The van der Waals surface area contributed by atoms with Gasteiger partial charge in [-0.05, 0) is 39.2 Å². The van der Waals surface area contributed by atoms with Gasteiger partial charge in [-0.15, -0.1) is 5.10 Å². The Labute approximate surface area is 127 Å². The summed E-state index contributed by atoms with van der Waals surface area (Å²) in [4.78, 5) is 23.0. The number of aromatic nitrogens is 3. The van der Waals surface area contributed by atoms with E-state index in [-0.39, 0.29) is 11.6 Å². The molecule has 1 heterocycles. The zero-order valence-electron chi connectivity index (χ0n) is 12.4. The SMILES string of the molecule is CCn1c(SCCC2CCCC2(NC)C(=O)O)n[nH]c1=O. The smallest absolute Gasteiger partial charge is 0.343 e. The standard InChI is InChI=1S/C13H22N4O3S/c1-3-17-11(20)15-16-12(17)21-8-6-9-5-4-7-13(9,14-2)10(18)19/h9,14H,3-8H2,1-2H3,(H,15,20)(H,18,19). The molecular formula is C13H22N4O3S. The minimum Gasteiger partial charge on any atom is -0.480 e. The summed E-state index contributed by atoms with van der Waals surface area (Å²) in [5.74, 6) is 0.113. The summed E-state index contributed by atoms with van der Waals surface area (Å²) in [6.07, 6.45) is 3.33. The number of nitrogens with zero attached hydrogens (tertiary/aromatic N) is 2. The van der Waals surface area contributed by atoms with Gasteiger partial charge in [-0.3, -0.25) is 9.36 Å². The first-order valence-corrected chi connectivity index (χ1v) is 8.24. The van der Waals surface area contributed by atoms with E-state index in [1.54, 1.807) is 11.6 Å². The lowest BCUT2D eigenvalue weighted by Gasteiger charge is -2.30. The first-order chi connectivity index (χ1) is 10.0. The van der Waals surface area contributed by atoms with Crippen molar-refractivity contribution in [2.45, 2.75) is 49.8 Å². The molecule has 0 bridgehead atoms. The van der Waals surface area contributed by atoms with Crippen LogP contribution in [0.25, 0.3) is 0 Å². The molecule has 1 aromatic rings. The zero-order chi connectivity index (χ0) is 15.5. The number of carboxylic acids is 1. The number of nitrogens with one attached hydrogen (secondary N) is 2. The number of carbonyl (C=O) groups is 1. The summed E-state index contributed by atoms with van der Waals surface area (Å²) < 4.78 is 1.59. The first-order valence-electron chi connectivity index (χ1n) is 7.25. The van der Waals surface area contributed by atoms with Gasteiger partial charge in [0.05, 0.1) is 0 Å². The Morgan fingerprint density at radius 3 is 3.05 bits per heavy atom. The molecule has 0 spiro atoms. The van der Waals surface area contributed by atoms with Crippen LogP contribution in [0.3, 0.4) is 0 Å². The highest BCUT2D eigenvalue weighted by molar-refractivity contribution is 7.99. The molecule has 118 valence electrons. The van der Waals surface area contributed by atoms with Crippen molar-refractivity contribution in [3.63, 3.8) is 0 Å². The van der Waals surface area contributed by atoms with Crippen molar-refractivity contribution in [3.05, 3.63) is 10.5 Å². The third-order valence-corrected chi connectivity index (χ3v) is 5.40. The van der Waals surface area contributed by atoms with Gasteiger partial charge in [0.25, 0.3) is 0 Å². The summed E-state index contributed by atoms with van der Waals surface area (Å²) >= 11 is 1.50. The predicted octanol–water partition coefficient (Wildman–Crippen LogP) is 0.916. The van der Waals surface area contributed by atoms with Gasteiger partial charge in [0.15, 0.2) is 5.16 Å². The molecule has 7 nitrogen and oxygen atoms in total. The second kappa shape index (κ2) is 6.65. The van der Waals surface area contributed by atoms with Gasteiger partial charge in [0.2, 0.25) is 0 Å². The third-order valence-electron chi connectivity index (χ3n) is 4.39. The molecule has 0 saturated heterocycles. The molecule has 1 saturated carbocycles. The van der Waals surface area contributed by atoms with Crippen LogP contribution < -0.4 is 11.0 Å². The van der Waals surface area contributed by atoms with Crippen LogP contribution in [0.5, 0.6) is 0 Å². The largest absolute Gasteiger partial charge is 0.480 e. The first kappa shape index (κ1) is 16.1. The van der Waals surface area contributed by atoms with E-state index in [4.69, 9.17) is 0 Å². The van der Waals surface area contributed by atoms with E-state index in [1.807, 2.05) is 6.92 Å². The second-order valence-electron chi connectivity index (χ2n) is 5.31. The van der Waals surface area contributed by atoms with Crippen molar-refractivity contribution in [1.29, 1.82) is 0 Å². The molecular weight excluding hydrogens is 292 g/mol. The fourth-order valence-corrected chi connectivity index (χ4v) is 4.23. The highest BCUT2D eigenvalue weighted by atomic mass is 32.2. The van der Waals surface area contributed by atoms with E-state index < -0.39 is 11.5 Å². The van der Waals surface area contributed by atoms with Gasteiger partial charge < -0.3 is 10.4 Å². The number of likely N-dealkylation sites (N-methyl/N-ethyl adjacent to an activating group) is 1. The Morgan fingerprint density at radius 1 is 1.67 bits per heavy atom. The van der Waals surface area contributed by atoms with Crippen molar-refractivity contribution in [1.82, 2.24) is 20.1 Å². The van der Waals surface area contributed by atoms with Crippen molar-refractivity contribution in [2.24, 2.45) is 5.92 Å². The predicted molar refractivity (Wildman–Crippen MR) is 80.6 cm³/mol. The number of rotatable bonds is 7. The number of hydrogen-bond acceptors (Lipinski definition) is 5. The van der Waals surface area contributed by atoms with E-state index in [1.165, 1.54) is 11.8 Å². The summed E-state index contributed by atoms with van der Waals surface area (Å²) in [5.41, 5.74) is -0.993. The van der Waals surface area contributed by atoms with Crippen LogP contribution in [0.2, 0.25) is 0 Å². The lowest BCUT2D eigenvalue weighted by molar-refractivity contribution is -0.146. The van der Waals surface area contributed by atoms with Gasteiger partial charge in [-0.1, -0.05) is 18.2 Å². The number of aromatic amines is 1. The van der Waals surface area contributed by atoms with Crippen molar-refractivity contribution in [3.8, 4) is 0 Å². The molecule has 0 aliphatic heterocycles. The molecule has 1 aliphatic carbocycles. The van der Waals surface area contributed by atoms with Gasteiger partial charge in [-0.25, -0.2) is 9.89 Å². The quantitative estimate of drug-likeness (QED) is 0.647. The molecule has 8 heteroatoms. The highest BCUT2D eigenvalue weighted by Crippen LogP contribution is 2.39. The second-order valence-corrected chi connectivity index (χ2v) is 6.37. The Bertz CT molecular complexity index is 556. The molecule has 1 aliphatic rings. The number of hydrogen-bond donors (Lipinski definition) is 3. The zero-order valence-corrected chi connectivity index (χ0v) is 13.2. The van der Waals surface area contributed by atoms with E-state index >= 15 is 0 Å². The molecule has 2 unspecified atom stereocenters. The molecule has 3 N–H and O–H groups in total. The molecule has 2 atom stereocenters. The van der Waals surface area contributed by atoms with Crippen LogP contribution in [0.15, 0.2) is 9.95 Å².